The van der Waals surface area contributed by atoms with E-state index in [1.807, 2.05) is 0 Å². The Bertz CT molecular complexity index is 632. The van der Waals surface area contributed by atoms with Gasteiger partial charge in [-0.2, -0.15) is 0 Å². The van der Waals surface area contributed by atoms with E-state index in [1.165, 1.54) is 17.4 Å². The predicted molar refractivity (Wildman–Crippen MR) is 71.4 cm³/mol. The molecule has 0 aromatic carbocycles. The number of hydrogen-bond acceptors (Lipinski definition) is 5. The third kappa shape index (κ3) is 3.13. The molecule has 1 fully saturated rings. The summed E-state index contributed by atoms with van der Waals surface area (Å²) >= 11 is 1.17. The summed E-state index contributed by atoms with van der Waals surface area (Å²) in [6, 6.07) is 1.48. The SMILES string of the molecule is Cc1cc(C(=O)O)c(NC(=O)C2CCS(=O)(=O)C2)s1. The molecule has 2 N–H and O–H groups in total. The van der Waals surface area contributed by atoms with E-state index < -0.39 is 27.6 Å². The van der Waals surface area contributed by atoms with Crippen LogP contribution in [-0.2, 0) is 14.6 Å². The van der Waals surface area contributed by atoms with Crippen molar-refractivity contribution in [3.63, 3.8) is 0 Å². The first-order valence-electron chi connectivity index (χ1n) is 5.63. The van der Waals surface area contributed by atoms with E-state index in [4.69, 9.17) is 5.11 Å². The highest BCUT2D eigenvalue weighted by molar-refractivity contribution is 7.91. The van der Waals surface area contributed by atoms with E-state index in [0.29, 0.717) is 6.42 Å². The maximum atomic E-state index is 11.9. The molecule has 0 saturated carbocycles. The first-order chi connectivity index (χ1) is 8.78. The van der Waals surface area contributed by atoms with Crippen LogP contribution >= 0.6 is 11.3 Å². The van der Waals surface area contributed by atoms with Crippen LogP contribution in [0.25, 0.3) is 0 Å². The number of carboxylic acid groups (broad SMARTS) is 1. The fraction of sp³-hybridized carbons (Fsp3) is 0.455. The average Bonchev–Trinajstić information content (AvgIpc) is 2.81. The summed E-state index contributed by atoms with van der Waals surface area (Å²) in [4.78, 5) is 23.7. The quantitative estimate of drug-likeness (QED) is 0.871. The molecule has 1 aromatic heterocycles. The average molecular weight is 303 g/mol. The molecule has 1 saturated heterocycles. The van der Waals surface area contributed by atoms with Crippen LogP contribution in [-0.4, -0.2) is 36.9 Å². The predicted octanol–water partition coefficient (Wildman–Crippen LogP) is 1.13. The number of amides is 1. The lowest BCUT2D eigenvalue weighted by Crippen LogP contribution is -2.24. The van der Waals surface area contributed by atoms with Gasteiger partial charge in [-0.25, -0.2) is 13.2 Å². The fourth-order valence-corrected chi connectivity index (χ4v) is 4.63. The maximum absolute atomic E-state index is 11.9. The van der Waals surface area contributed by atoms with Crippen molar-refractivity contribution in [1.29, 1.82) is 0 Å². The van der Waals surface area contributed by atoms with E-state index >= 15 is 0 Å². The Kier molecular flexibility index (Phi) is 3.64. The minimum Gasteiger partial charge on any atom is -0.478 e. The number of carboxylic acids is 1. The lowest BCUT2D eigenvalue weighted by Gasteiger charge is -2.08. The molecule has 2 heterocycles. The Morgan fingerprint density at radius 2 is 2.16 bits per heavy atom. The van der Waals surface area contributed by atoms with Gasteiger partial charge in [-0.1, -0.05) is 0 Å². The molecular formula is C11H13NO5S2. The van der Waals surface area contributed by atoms with Gasteiger partial charge < -0.3 is 10.4 Å². The van der Waals surface area contributed by atoms with Crippen molar-refractivity contribution < 1.29 is 23.1 Å². The van der Waals surface area contributed by atoms with Crippen molar-refractivity contribution >= 4 is 38.1 Å². The van der Waals surface area contributed by atoms with Gasteiger partial charge in [0.2, 0.25) is 5.91 Å². The van der Waals surface area contributed by atoms with Crippen molar-refractivity contribution in [2.24, 2.45) is 5.92 Å². The largest absolute Gasteiger partial charge is 0.478 e. The first kappa shape index (κ1) is 14.0. The van der Waals surface area contributed by atoms with Crippen LogP contribution in [0.4, 0.5) is 5.00 Å². The van der Waals surface area contributed by atoms with E-state index in [0.717, 1.165) is 4.88 Å². The molecule has 19 heavy (non-hydrogen) atoms. The number of carbonyl (C=O) groups excluding carboxylic acids is 1. The molecule has 8 heteroatoms. The fourth-order valence-electron chi connectivity index (χ4n) is 1.98. The van der Waals surface area contributed by atoms with Gasteiger partial charge in [0.25, 0.3) is 0 Å². The molecule has 2 rings (SSSR count). The Labute approximate surface area is 114 Å². The van der Waals surface area contributed by atoms with Crippen molar-refractivity contribution in [1.82, 2.24) is 0 Å². The Morgan fingerprint density at radius 1 is 1.47 bits per heavy atom. The third-order valence-electron chi connectivity index (χ3n) is 2.93. The molecule has 0 spiro atoms. The second kappa shape index (κ2) is 4.93. The lowest BCUT2D eigenvalue weighted by molar-refractivity contribution is -0.119. The normalized spacial score (nSPS) is 21.2. The van der Waals surface area contributed by atoms with Gasteiger partial charge in [0.1, 0.15) is 5.00 Å². The van der Waals surface area contributed by atoms with Crippen LogP contribution in [0.15, 0.2) is 6.07 Å². The number of carbonyl (C=O) groups is 2. The van der Waals surface area contributed by atoms with Crippen LogP contribution < -0.4 is 5.32 Å². The number of thiophene rings is 1. The molecule has 1 unspecified atom stereocenters. The third-order valence-corrected chi connectivity index (χ3v) is 5.66. The van der Waals surface area contributed by atoms with Crippen molar-refractivity contribution in [2.75, 3.05) is 16.8 Å². The van der Waals surface area contributed by atoms with Crippen LogP contribution in [0.2, 0.25) is 0 Å². The molecule has 0 radical (unpaired) electrons. The van der Waals surface area contributed by atoms with Gasteiger partial charge in [-0.15, -0.1) is 11.3 Å². The molecule has 0 bridgehead atoms. The Morgan fingerprint density at radius 3 is 2.68 bits per heavy atom. The summed E-state index contributed by atoms with van der Waals surface area (Å²) in [5, 5.41) is 11.8. The molecule has 104 valence electrons. The Hall–Kier alpha value is -1.41. The second-order valence-electron chi connectivity index (χ2n) is 4.49. The summed E-state index contributed by atoms with van der Waals surface area (Å²) in [5.41, 5.74) is 0.0386. The number of aromatic carboxylic acids is 1. The zero-order valence-electron chi connectivity index (χ0n) is 10.2. The molecule has 0 aliphatic carbocycles. The molecule has 6 nitrogen and oxygen atoms in total. The number of hydrogen-bond donors (Lipinski definition) is 2. The standard InChI is InChI=1S/C11H13NO5S2/c1-6-4-8(11(14)15)10(18-6)12-9(13)7-2-3-19(16,17)5-7/h4,7H,2-3,5H2,1H3,(H,12,13)(H,14,15). The number of nitrogens with one attached hydrogen (secondary N) is 1. The van der Waals surface area contributed by atoms with E-state index in [1.54, 1.807) is 6.92 Å². The highest BCUT2D eigenvalue weighted by Gasteiger charge is 2.33. The first-order valence-corrected chi connectivity index (χ1v) is 8.27. The zero-order valence-corrected chi connectivity index (χ0v) is 11.8. The van der Waals surface area contributed by atoms with Crippen molar-refractivity contribution in [3.8, 4) is 0 Å². The topological polar surface area (TPSA) is 101 Å². The van der Waals surface area contributed by atoms with Crippen LogP contribution in [0, 0.1) is 12.8 Å². The highest BCUT2D eigenvalue weighted by Crippen LogP contribution is 2.29. The van der Waals surface area contributed by atoms with Crippen LogP contribution in [0.5, 0.6) is 0 Å². The molecule has 1 aliphatic rings. The van der Waals surface area contributed by atoms with E-state index in [2.05, 4.69) is 5.32 Å². The van der Waals surface area contributed by atoms with Crippen molar-refractivity contribution in [3.05, 3.63) is 16.5 Å². The van der Waals surface area contributed by atoms with Gasteiger partial charge >= 0.3 is 5.97 Å². The zero-order chi connectivity index (χ0) is 14.2. The number of aryl methyl sites for hydroxylation is 1. The number of anilines is 1. The molecule has 1 aliphatic heterocycles. The lowest BCUT2D eigenvalue weighted by atomic mass is 10.1. The summed E-state index contributed by atoms with van der Waals surface area (Å²) < 4.78 is 22.6. The number of sulfone groups is 1. The smallest absolute Gasteiger partial charge is 0.338 e. The summed E-state index contributed by atoms with van der Waals surface area (Å²) in [5.74, 6) is -2.27. The van der Waals surface area contributed by atoms with Gasteiger partial charge in [-0.05, 0) is 19.4 Å². The molecular weight excluding hydrogens is 290 g/mol. The van der Waals surface area contributed by atoms with Gasteiger partial charge in [0, 0.05) is 4.88 Å². The highest BCUT2D eigenvalue weighted by atomic mass is 32.2. The summed E-state index contributed by atoms with van der Waals surface area (Å²) in [6.45, 7) is 1.74. The number of rotatable bonds is 3. The maximum Gasteiger partial charge on any atom is 0.338 e. The monoisotopic (exact) mass is 303 g/mol. The summed E-state index contributed by atoms with van der Waals surface area (Å²) in [7, 11) is -3.13. The second-order valence-corrected chi connectivity index (χ2v) is 7.98. The van der Waals surface area contributed by atoms with Gasteiger partial charge in [0.05, 0.1) is 23.0 Å². The minimum absolute atomic E-state index is 0.0142. The van der Waals surface area contributed by atoms with Gasteiger partial charge in [0.15, 0.2) is 9.84 Å². The van der Waals surface area contributed by atoms with Crippen molar-refractivity contribution in [2.45, 2.75) is 13.3 Å². The molecule has 1 amide bonds. The Balaban J connectivity index is 2.14. The van der Waals surface area contributed by atoms with E-state index in [9.17, 15) is 18.0 Å². The van der Waals surface area contributed by atoms with Crippen LogP contribution in [0.1, 0.15) is 21.7 Å². The molecule has 1 atom stereocenters. The summed E-state index contributed by atoms with van der Waals surface area (Å²) in [6.07, 6.45) is 0.293. The van der Waals surface area contributed by atoms with Crippen LogP contribution in [0.3, 0.4) is 0 Å². The van der Waals surface area contributed by atoms with E-state index in [-0.39, 0.29) is 22.1 Å². The molecule has 1 aromatic rings. The van der Waals surface area contributed by atoms with Gasteiger partial charge in [-0.3, -0.25) is 4.79 Å². The minimum atomic E-state index is -3.13.